The molecule has 0 aliphatic carbocycles. The summed E-state index contributed by atoms with van der Waals surface area (Å²) in [6, 6.07) is 1.66. The third-order valence-electron chi connectivity index (χ3n) is 4.00. The Morgan fingerprint density at radius 1 is 1.37 bits per heavy atom. The van der Waals surface area contributed by atoms with Gasteiger partial charge in [-0.25, -0.2) is 9.18 Å². The van der Waals surface area contributed by atoms with Crippen LogP contribution in [-0.4, -0.2) is 29.8 Å². The van der Waals surface area contributed by atoms with E-state index in [1.807, 2.05) is 13.8 Å². The van der Waals surface area contributed by atoms with Crippen molar-refractivity contribution in [1.29, 1.82) is 0 Å². The van der Waals surface area contributed by atoms with Crippen molar-refractivity contribution in [2.45, 2.75) is 34.6 Å². The number of carbonyl (C=O) groups excluding carboxylic acids is 1. The summed E-state index contributed by atoms with van der Waals surface area (Å²) in [7, 11) is 1.35. The van der Waals surface area contributed by atoms with Crippen LogP contribution in [0.4, 0.5) is 10.2 Å². The molecule has 0 saturated heterocycles. The Kier molecular flexibility index (Phi) is 6.09. The molecule has 0 saturated carbocycles. The van der Waals surface area contributed by atoms with Gasteiger partial charge < -0.3 is 24.7 Å². The molecule has 8 heteroatoms. The highest BCUT2D eigenvalue weighted by molar-refractivity contribution is 6.10. The number of aryl methyl sites for hydroxylation is 2. The first-order chi connectivity index (χ1) is 12.9. The molecular formula is C19H24FN3O4. The monoisotopic (exact) mass is 377 g/mol. The van der Waals surface area contributed by atoms with Gasteiger partial charge in [-0.15, -0.1) is 0 Å². The number of hydrogen-bond acceptors (Lipinski definition) is 6. The van der Waals surface area contributed by atoms with Crippen LogP contribution in [0.25, 0.3) is 22.0 Å². The van der Waals surface area contributed by atoms with Gasteiger partial charge in [0.05, 0.1) is 35.9 Å². The number of anilines is 1. The van der Waals surface area contributed by atoms with Crippen molar-refractivity contribution < 1.29 is 23.2 Å². The second kappa shape index (κ2) is 8.11. The molecule has 2 heterocycles. The van der Waals surface area contributed by atoms with Gasteiger partial charge in [0.2, 0.25) is 0 Å². The van der Waals surface area contributed by atoms with Crippen molar-refractivity contribution in [3.8, 4) is 16.9 Å². The van der Waals surface area contributed by atoms with Gasteiger partial charge in [-0.1, -0.05) is 19.0 Å². The van der Waals surface area contributed by atoms with Gasteiger partial charge >= 0.3 is 5.97 Å². The first kappa shape index (κ1) is 20.3. The van der Waals surface area contributed by atoms with Crippen LogP contribution in [0.5, 0.6) is 5.75 Å². The minimum Gasteiger partial charge on any atom is -0.493 e. The normalized spacial score (nSPS) is 10.5. The Morgan fingerprint density at radius 3 is 2.56 bits per heavy atom. The summed E-state index contributed by atoms with van der Waals surface area (Å²) in [4.78, 5) is 15.0. The first-order valence-electron chi connectivity index (χ1n) is 8.68. The number of benzene rings is 1. The zero-order valence-electron chi connectivity index (χ0n) is 16.3. The predicted molar refractivity (Wildman–Crippen MR) is 101 cm³/mol. The highest BCUT2D eigenvalue weighted by Gasteiger charge is 2.27. The van der Waals surface area contributed by atoms with Crippen molar-refractivity contribution in [2.75, 3.05) is 19.5 Å². The minimum absolute atomic E-state index is 0.0218. The van der Waals surface area contributed by atoms with Crippen LogP contribution in [0.1, 0.15) is 42.6 Å². The van der Waals surface area contributed by atoms with Crippen LogP contribution in [0.15, 0.2) is 10.6 Å². The Hall–Kier alpha value is -3.03. The third-order valence-corrected chi connectivity index (χ3v) is 4.00. The number of halogens is 1. The fourth-order valence-electron chi connectivity index (χ4n) is 2.99. The molecule has 146 valence electrons. The summed E-state index contributed by atoms with van der Waals surface area (Å²) in [6.07, 6.45) is 0. The van der Waals surface area contributed by atoms with Crippen LogP contribution in [0.3, 0.4) is 0 Å². The highest BCUT2D eigenvalue weighted by Crippen LogP contribution is 2.42. The van der Waals surface area contributed by atoms with E-state index in [2.05, 4.69) is 10.1 Å². The smallest absolute Gasteiger partial charge is 0.342 e. The number of methoxy groups -OCH3 is 1. The van der Waals surface area contributed by atoms with Crippen molar-refractivity contribution in [3.05, 3.63) is 28.9 Å². The minimum atomic E-state index is -0.703. The highest BCUT2D eigenvalue weighted by atomic mass is 19.1. The lowest BCUT2D eigenvalue weighted by Crippen LogP contribution is -2.07. The molecule has 0 fully saturated rings. The van der Waals surface area contributed by atoms with E-state index in [1.54, 1.807) is 26.8 Å². The fourth-order valence-corrected chi connectivity index (χ4v) is 2.99. The van der Waals surface area contributed by atoms with Gasteiger partial charge in [0.25, 0.3) is 0 Å². The lowest BCUT2D eigenvalue weighted by Gasteiger charge is -2.11. The molecule has 0 aliphatic rings. The predicted octanol–water partition coefficient (Wildman–Crippen LogP) is 4.37. The van der Waals surface area contributed by atoms with E-state index in [0.717, 1.165) is 0 Å². The molecule has 0 radical (unpaired) electrons. The zero-order valence-corrected chi connectivity index (χ0v) is 16.3. The van der Waals surface area contributed by atoms with E-state index < -0.39 is 11.8 Å². The molecule has 7 nitrogen and oxygen atoms in total. The van der Waals surface area contributed by atoms with Crippen molar-refractivity contribution >= 4 is 22.7 Å². The number of nitrogens with zero attached hydrogens (tertiary/aromatic N) is 1. The number of rotatable bonds is 4. The molecule has 0 atom stereocenters. The van der Waals surface area contributed by atoms with E-state index in [1.165, 1.54) is 7.11 Å². The number of esters is 1. The van der Waals surface area contributed by atoms with Gasteiger partial charge in [-0.3, -0.25) is 0 Å². The third kappa shape index (κ3) is 3.34. The number of hydrogen-bond donors (Lipinski definition) is 2. The van der Waals surface area contributed by atoms with Gasteiger partial charge in [-0.05, 0) is 26.8 Å². The van der Waals surface area contributed by atoms with E-state index in [-0.39, 0.29) is 29.1 Å². The standard InChI is InChI=1S/C17H18FN3O4.C2H6/c1-5-24-17(22)13-12-10(20-16(13)19)6-9(15(23-4)14(12)18)11-7(2)21-25-8(11)3;1-2/h6,20H,5,19H2,1-4H3;1-2H3. The number of nitrogens with two attached hydrogens (primary N) is 1. The SMILES string of the molecule is CC.CCOC(=O)c1c(N)[nH]c2cc(-c3c(C)noc3C)c(OC)c(F)c12. The van der Waals surface area contributed by atoms with Gasteiger partial charge in [0.15, 0.2) is 11.6 Å². The summed E-state index contributed by atoms with van der Waals surface area (Å²) in [6.45, 7) is 9.29. The summed E-state index contributed by atoms with van der Waals surface area (Å²) in [5, 5.41) is 3.92. The Labute approximate surface area is 156 Å². The molecule has 2 aromatic heterocycles. The number of aromatic amines is 1. The topological polar surface area (TPSA) is 103 Å². The molecule has 0 unspecified atom stereocenters. The summed E-state index contributed by atoms with van der Waals surface area (Å²) in [5.74, 6) is -0.861. The number of nitrogens with one attached hydrogen (secondary N) is 1. The van der Waals surface area contributed by atoms with Crippen molar-refractivity contribution in [2.24, 2.45) is 0 Å². The van der Waals surface area contributed by atoms with Crippen LogP contribution in [0.2, 0.25) is 0 Å². The van der Waals surface area contributed by atoms with Gasteiger partial charge in [-0.2, -0.15) is 0 Å². The van der Waals surface area contributed by atoms with Crippen LogP contribution in [-0.2, 0) is 4.74 Å². The lowest BCUT2D eigenvalue weighted by atomic mass is 10.00. The Bertz CT molecular complexity index is 956. The number of fused-ring (bicyclic) bond motifs is 1. The molecule has 1 aromatic carbocycles. The fraction of sp³-hybridized carbons (Fsp3) is 0.368. The van der Waals surface area contributed by atoms with E-state index in [9.17, 15) is 4.79 Å². The molecule has 0 aliphatic heterocycles. The zero-order chi connectivity index (χ0) is 20.3. The molecule has 3 aromatic rings. The molecular weight excluding hydrogens is 353 g/mol. The second-order valence-corrected chi connectivity index (χ2v) is 5.53. The Morgan fingerprint density at radius 2 is 2.04 bits per heavy atom. The summed E-state index contributed by atoms with van der Waals surface area (Å²) < 4.78 is 30.6. The van der Waals surface area contributed by atoms with Gasteiger partial charge in [0.1, 0.15) is 17.1 Å². The molecule has 0 amide bonds. The quantitative estimate of drug-likeness (QED) is 0.654. The number of ether oxygens (including phenoxy) is 2. The maximum Gasteiger partial charge on any atom is 0.342 e. The average molecular weight is 377 g/mol. The number of nitrogen functional groups attached to an aromatic ring is 1. The van der Waals surface area contributed by atoms with Crippen LogP contribution >= 0.6 is 0 Å². The number of carbonyl (C=O) groups is 1. The van der Waals surface area contributed by atoms with Crippen LogP contribution < -0.4 is 10.5 Å². The van der Waals surface area contributed by atoms with Gasteiger partial charge in [0, 0.05) is 5.56 Å². The number of H-pyrrole nitrogens is 1. The maximum absolute atomic E-state index is 15.2. The molecule has 27 heavy (non-hydrogen) atoms. The van der Waals surface area contributed by atoms with Crippen LogP contribution in [0, 0.1) is 19.7 Å². The van der Waals surface area contributed by atoms with E-state index in [4.69, 9.17) is 19.7 Å². The molecule has 3 N–H and O–H groups in total. The first-order valence-corrected chi connectivity index (χ1v) is 8.68. The molecule has 0 spiro atoms. The molecule has 3 rings (SSSR count). The number of aromatic nitrogens is 2. The summed E-state index contributed by atoms with van der Waals surface area (Å²) in [5.41, 5.74) is 7.87. The van der Waals surface area contributed by atoms with E-state index in [0.29, 0.717) is 28.1 Å². The largest absolute Gasteiger partial charge is 0.493 e. The van der Waals surface area contributed by atoms with E-state index >= 15 is 4.39 Å². The molecule has 0 bridgehead atoms. The summed E-state index contributed by atoms with van der Waals surface area (Å²) >= 11 is 0. The van der Waals surface area contributed by atoms with Crippen molar-refractivity contribution in [1.82, 2.24) is 10.1 Å². The maximum atomic E-state index is 15.2. The second-order valence-electron chi connectivity index (χ2n) is 5.53. The lowest BCUT2D eigenvalue weighted by molar-refractivity contribution is 0.0529. The van der Waals surface area contributed by atoms with Crippen molar-refractivity contribution in [3.63, 3.8) is 0 Å². The Balaban J connectivity index is 0.00000126. The average Bonchev–Trinajstić information content (AvgIpc) is 3.15.